The molecule has 1 unspecified atom stereocenters. The molecule has 9 heteroatoms. The van der Waals surface area contributed by atoms with Crippen LogP contribution in [-0.2, 0) is 10.0 Å². The van der Waals surface area contributed by atoms with Gasteiger partial charge in [0.2, 0.25) is 10.0 Å². The predicted octanol–water partition coefficient (Wildman–Crippen LogP) is 1.69. The van der Waals surface area contributed by atoms with Crippen LogP contribution in [0, 0.1) is 5.82 Å². The molecule has 144 valence electrons. The fourth-order valence-corrected chi connectivity index (χ4v) is 3.65. The third-order valence-corrected chi connectivity index (χ3v) is 5.43. The number of amides is 1. The molecule has 2 aromatic carbocycles. The Kier molecular flexibility index (Phi) is 5.62. The first-order valence-electron chi connectivity index (χ1n) is 8.36. The van der Waals surface area contributed by atoms with E-state index in [2.05, 4.69) is 10.0 Å². The lowest BCUT2D eigenvalue weighted by molar-refractivity contribution is 0.0787. The minimum absolute atomic E-state index is 0.0802. The molecule has 0 fully saturated rings. The van der Waals surface area contributed by atoms with Crippen molar-refractivity contribution in [2.75, 3.05) is 19.7 Å². The van der Waals surface area contributed by atoms with Crippen molar-refractivity contribution in [3.8, 4) is 11.5 Å². The lowest BCUT2D eigenvalue weighted by Crippen LogP contribution is -2.41. The van der Waals surface area contributed by atoms with E-state index in [1.807, 2.05) is 6.07 Å². The van der Waals surface area contributed by atoms with Gasteiger partial charge >= 0.3 is 0 Å². The highest BCUT2D eigenvalue weighted by Gasteiger charge is 2.23. The highest BCUT2D eigenvalue weighted by Crippen LogP contribution is 2.30. The van der Waals surface area contributed by atoms with Crippen LogP contribution in [0.1, 0.15) is 17.3 Å². The fourth-order valence-electron chi connectivity index (χ4n) is 2.58. The van der Waals surface area contributed by atoms with Gasteiger partial charge in [-0.2, -0.15) is 0 Å². The molecule has 0 radical (unpaired) electrons. The molecule has 27 heavy (non-hydrogen) atoms. The number of rotatable bonds is 6. The third-order valence-electron chi connectivity index (χ3n) is 3.88. The molecule has 0 aliphatic carbocycles. The minimum atomic E-state index is -3.79. The SMILES string of the molecule is CCNS(=O)(=O)c1ccc(F)c(C(=O)NCC2COc3ccccc3O2)c1. The Labute approximate surface area is 156 Å². The zero-order valence-corrected chi connectivity index (χ0v) is 15.4. The summed E-state index contributed by atoms with van der Waals surface area (Å²) in [4.78, 5) is 12.1. The molecule has 1 aliphatic rings. The van der Waals surface area contributed by atoms with Gasteiger partial charge in [-0.1, -0.05) is 19.1 Å². The molecule has 2 aromatic rings. The van der Waals surface area contributed by atoms with Gasteiger partial charge < -0.3 is 14.8 Å². The lowest BCUT2D eigenvalue weighted by Gasteiger charge is -2.26. The number of carbonyl (C=O) groups excluding carboxylic acids is 1. The number of hydrogen-bond acceptors (Lipinski definition) is 5. The molecule has 0 saturated carbocycles. The number of benzene rings is 2. The van der Waals surface area contributed by atoms with Crippen LogP contribution in [0.2, 0.25) is 0 Å². The van der Waals surface area contributed by atoms with Crippen LogP contribution in [0.25, 0.3) is 0 Å². The van der Waals surface area contributed by atoms with Crippen molar-refractivity contribution in [1.29, 1.82) is 0 Å². The minimum Gasteiger partial charge on any atom is -0.486 e. The predicted molar refractivity (Wildman–Crippen MR) is 95.9 cm³/mol. The molecule has 0 bridgehead atoms. The van der Waals surface area contributed by atoms with E-state index in [-0.39, 0.29) is 30.2 Å². The third kappa shape index (κ3) is 4.37. The molecule has 1 aliphatic heterocycles. The summed E-state index contributed by atoms with van der Waals surface area (Å²) in [5.41, 5.74) is -0.355. The number of ether oxygens (including phenoxy) is 2. The standard InChI is InChI=1S/C18H19FN2O5S/c1-2-21-27(23,24)13-7-8-15(19)14(9-13)18(22)20-10-12-11-25-16-5-3-4-6-17(16)26-12/h3-9,12,21H,2,10-11H2,1H3,(H,20,22). The maximum absolute atomic E-state index is 14.0. The van der Waals surface area contributed by atoms with Crippen molar-refractivity contribution in [1.82, 2.24) is 10.0 Å². The Bertz CT molecular complexity index is 949. The molecule has 1 heterocycles. The fraction of sp³-hybridized carbons (Fsp3) is 0.278. The van der Waals surface area contributed by atoms with Crippen LogP contribution < -0.4 is 19.5 Å². The van der Waals surface area contributed by atoms with Gasteiger partial charge in [0.15, 0.2) is 11.5 Å². The molecule has 1 atom stereocenters. The summed E-state index contributed by atoms with van der Waals surface area (Å²) >= 11 is 0. The second-order valence-corrected chi connectivity index (χ2v) is 7.62. The Morgan fingerprint density at radius 2 is 1.96 bits per heavy atom. The first-order chi connectivity index (χ1) is 12.9. The van der Waals surface area contributed by atoms with Crippen LogP contribution in [-0.4, -0.2) is 40.1 Å². The zero-order valence-electron chi connectivity index (χ0n) is 14.6. The van der Waals surface area contributed by atoms with Gasteiger partial charge in [-0.15, -0.1) is 0 Å². The van der Waals surface area contributed by atoms with E-state index < -0.39 is 27.9 Å². The van der Waals surface area contributed by atoms with Crippen molar-refractivity contribution in [3.05, 3.63) is 53.8 Å². The van der Waals surface area contributed by atoms with Crippen molar-refractivity contribution in [3.63, 3.8) is 0 Å². The summed E-state index contributed by atoms with van der Waals surface area (Å²) in [6, 6.07) is 10.2. The number of hydrogen-bond donors (Lipinski definition) is 2. The van der Waals surface area contributed by atoms with E-state index >= 15 is 0 Å². The van der Waals surface area contributed by atoms with Gasteiger partial charge in [0.25, 0.3) is 5.91 Å². The molecule has 0 aromatic heterocycles. The molecule has 3 rings (SSSR count). The lowest BCUT2D eigenvalue weighted by atomic mass is 10.2. The van der Waals surface area contributed by atoms with Crippen LogP contribution in [0.3, 0.4) is 0 Å². The summed E-state index contributed by atoms with van der Waals surface area (Å²) in [6.45, 7) is 2.12. The van der Waals surface area contributed by atoms with Crippen molar-refractivity contribution in [2.24, 2.45) is 0 Å². The van der Waals surface area contributed by atoms with Crippen LogP contribution in [0.15, 0.2) is 47.4 Å². The molecule has 7 nitrogen and oxygen atoms in total. The van der Waals surface area contributed by atoms with Gasteiger partial charge in [-0.25, -0.2) is 17.5 Å². The summed E-state index contributed by atoms with van der Waals surface area (Å²) in [6.07, 6.45) is -0.444. The molecule has 1 amide bonds. The number of fused-ring (bicyclic) bond motifs is 1. The van der Waals surface area contributed by atoms with Gasteiger partial charge in [0.1, 0.15) is 18.5 Å². The van der Waals surface area contributed by atoms with Crippen molar-refractivity contribution < 1.29 is 27.1 Å². The largest absolute Gasteiger partial charge is 0.486 e. The van der Waals surface area contributed by atoms with E-state index in [1.165, 1.54) is 0 Å². The second kappa shape index (κ2) is 7.93. The van der Waals surface area contributed by atoms with Gasteiger partial charge in [0.05, 0.1) is 17.0 Å². The molecular formula is C18H19FN2O5S. The highest BCUT2D eigenvalue weighted by atomic mass is 32.2. The average Bonchev–Trinajstić information content (AvgIpc) is 2.66. The van der Waals surface area contributed by atoms with E-state index in [4.69, 9.17) is 9.47 Å². The number of halogens is 1. The Morgan fingerprint density at radius 3 is 2.70 bits per heavy atom. The van der Waals surface area contributed by atoms with E-state index in [0.29, 0.717) is 11.5 Å². The quantitative estimate of drug-likeness (QED) is 0.778. The monoisotopic (exact) mass is 394 g/mol. The maximum Gasteiger partial charge on any atom is 0.254 e. The normalized spacial score (nSPS) is 16.0. The van der Waals surface area contributed by atoms with E-state index in [0.717, 1.165) is 18.2 Å². The van der Waals surface area contributed by atoms with Crippen molar-refractivity contribution >= 4 is 15.9 Å². The summed E-state index contributed by atoms with van der Waals surface area (Å²) in [5, 5.41) is 2.55. The first-order valence-corrected chi connectivity index (χ1v) is 9.85. The zero-order chi connectivity index (χ0) is 19.4. The molecular weight excluding hydrogens is 375 g/mol. The Balaban J connectivity index is 1.68. The number of para-hydroxylation sites is 2. The van der Waals surface area contributed by atoms with Gasteiger partial charge in [-0.3, -0.25) is 4.79 Å². The molecule has 0 spiro atoms. The molecule has 2 N–H and O–H groups in total. The number of nitrogens with one attached hydrogen (secondary N) is 2. The van der Waals surface area contributed by atoms with Crippen LogP contribution in [0.5, 0.6) is 11.5 Å². The summed E-state index contributed by atoms with van der Waals surface area (Å²) in [7, 11) is -3.79. The van der Waals surface area contributed by atoms with E-state index in [9.17, 15) is 17.6 Å². The highest BCUT2D eigenvalue weighted by molar-refractivity contribution is 7.89. The van der Waals surface area contributed by atoms with E-state index in [1.54, 1.807) is 25.1 Å². The Hall–Kier alpha value is -2.65. The Morgan fingerprint density at radius 1 is 1.22 bits per heavy atom. The molecule has 0 saturated heterocycles. The maximum atomic E-state index is 14.0. The smallest absolute Gasteiger partial charge is 0.254 e. The number of carbonyl (C=O) groups is 1. The van der Waals surface area contributed by atoms with Crippen molar-refractivity contribution in [2.45, 2.75) is 17.9 Å². The van der Waals surface area contributed by atoms with Crippen LogP contribution >= 0.6 is 0 Å². The van der Waals surface area contributed by atoms with Gasteiger partial charge in [0, 0.05) is 6.54 Å². The summed E-state index contributed by atoms with van der Waals surface area (Å²) in [5.74, 6) is -0.363. The summed E-state index contributed by atoms with van der Waals surface area (Å²) < 4.78 is 51.7. The van der Waals surface area contributed by atoms with Crippen LogP contribution in [0.4, 0.5) is 4.39 Å². The number of sulfonamides is 1. The second-order valence-electron chi connectivity index (χ2n) is 5.85. The average molecular weight is 394 g/mol. The van der Waals surface area contributed by atoms with Gasteiger partial charge in [-0.05, 0) is 30.3 Å². The topological polar surface area (TPSA) is 93.7 Å². The first kappa shape index (κ1) is 19.1.